The van der Waals surface area contributed by atoms with E-state index in [4.69, 9.17) is 11.1 Å². The number of carbonyl (C=O) groups excluding carboxylic acids is 2. The van der Waals surface area contributed by atoms with Gasteiger partial charge in [-0.25, -0.2) is 4.39 Å². The van der Waals surface area contributed by atoms with E-state index in [1.807, 2.05) is 13.8 Å². The van der Waals surface area contributed by atoms with E-state index in [0.29, 0.717) is 11.6 Å². The number of ether oxygens (including phenoxy) is 1. The zero-order chi connectivity index (χ0) is 25.9. The Labute approximate surface area is 199 Å². The first-order valence-corrected chi connectivity index (χ1v) is 10.6. The maximum Gasteiger partial charge on any atom is 0.573 e. The summed E-state index contributed by atoms with van der Waals surface area (Å²) in [5.74, 6) is -4.06. The number of rotatable bonds is 7. The first kappa shape index (κ1) is 25.7. The highest BCUT2D eigenvalue weighted by molar-refractivity contribution is 6.05. The molecule has 4 N–H and O–H groups in total. The summed E-state index contributed by atoms with van der Waals surface area (Å²) in [5, 5.41) is 10.2. The molecule has 2 amide bonds. The molecule has 186 valence electrons. The van der Waals surface area contributed by atoms with Crippen molar-refractivity contribution in [1.82, 2.24) is 4.90 Å². The Morgan fingerprint density at radius 1 is 1.26 bits per heavy atom. The first-order valence-electron chi connectivity index (χ1n) is 10.6. The Bertz CT molecular complexity index is 1160. The number of nitrogens with two attached hydrogens (primary N) is 1. The van der Waals surface area contributed by atoms with Crippen molar-refractivity contribution in [3.05, 3.63) is 71.2 Å². The van der Waals surface area contributed by atoms with Crippen molar-refractivity contribution in [2.24, 2.45) is 11.7 Å². The summed E-state index contributed by atoms with van der Waals surface area (Å²) < 4.78 is 55.6. The van der Waals surface area contributed by atoms with Gasteiger partial charge in [-0.15, -0.1) is 13.2 Å². The van der Waals surface area contributed by atoms with E-state index in [1.54, 1.807) is 24.3 Å². The first-order chi connectivity index (χ1) is 16.4. The predicted molar refractivity (Wildman–Crippen MR) is 122 cm³/mol. The zero-order valence-corrected chi connectivity index (χ0v) is 18.9. The lowest BCUT2D eigenvalue weighted by Gasteiger charge is -2.42. The van der Waals surface area contributed by atoms with Crippen LogP contribution in [0.25, 0.3) is 0 Å². The minimum atomic E-state index is -5.05. The molecule has 1 aliphatic rings. The number of amides is 2. The van der Waals surface area contributed by atoms with E-state index < -0.39 is 35.8 Å². The van der Waals surface area contributed by atoms with Gasteiger partial charge in [0.1, 0.15) is 11.6 Å². The number of halogens is 4. The maximum atomic E-state index is 14.0. The van der Waals surface area contributed by atoms with E-state index in [2.05, 4.69) is 10.1 Å². The molecule has 0 bridgehead atoms. The second kappa shape index (κ2) is 10.2. The van der Waals surface area contributed by atoms with E-state index in [1.165, 1.54) is 4.90 Å². The highest BCUT2D eigenvalue weighted by Gasteiger charge is 2.44. The molecule has 0 unspecified atom stereocenters. The van der Waals surface area contributed by atoms with Crippen molar-refractivity contribution in [2.75, 3.05) is 11.9 Å². The van der Waals surface area contributed by atoms with Crippen LogP contribution >= 0.6 is 0 Å². The molecule has 0 saturated heterocycles. The summed E-state index contributed by atoms with van der Waals surface area (Å²) in [6.07, 6.45) is -2.98. The van der Waals surface area contributed by atoms with Gasteiger partial charge in [0, 0.05) is 47.9 Å². The zero-order valence-electron chi connectivity index (χ0n) is 18.9. The monoisotopic (exact) mass is 492 g/mol. The van der Waals surface area contributed by atoms with Crippen LogP contribution < -0.4 is 15.8 Å². The molecule has 0 aliphatic carbocycles. The van der Waals surface area contributed by atoms with Gasteiger partial charge in [0.05, 0.1) is 12.0 Å². The van der Waals surface area contributed by atoms with Crippen LogP contribution in [0.3, 0.4) is 0 Å². The van der Waals surface area contributed by atoms with Gasteiger partial charge in [0.15, 0.2) is 0 Å². The van der Waals surface area contributed by atoms with Gasteiger partial charge in [0.25, 0.3) is 5.91 Å². The molecule has 35 heavy (non-hydrogen) atoms. The van der Waals surface area contributed by atoms with Crippen LogP contribution in [0.4, 0.5) is 23.2 Å². The molecule has 2 aromatic rings. The number of alkyl halides is 3. The highest BCUT2D eigenvalue weighted by Crippen LogP contribution is 2.38. The lowest BCUT2D eigenvalue weighted by molar-refractivity contribution is -0.274. The number of nitrogens with one attached hydrogen (secondary N) is 2. The lowest BCUT2D eigenvalue weighted by Crippen LogP contribution is -2.53. The van der Waals surface area contributed by atoms with Crippen LogP contribution in [-0.2, 0) is 4.79 Å². The van der Waals surface area contributed by atoms with Gasteiger partial charge in [-0.3, -0.25) is 9.59 Å². The van der Waals surface area contributed by atoms with Crippen molar-refractivity contribution in [1.29, 1.82) is 5.41 Å². The molecule has 0 saturated carbocycles. The smallest absolute Gasteiger partial charge is 0.406 e. The predicted octanol–water partition coefficient (Wildman–Crippen LogP) is 4.42. The summed E-state index contributed by atoms with van der Waals surface area (Å²) in [4.78, 5) is 28.3. The van der Waals surface area contributed by atoms with Gasteiger partial charge in [0.2, 0.25) is 5.91 Å². The average molecular weight is 492 g/mol. The topological polar surface area (TPSA) is 109 Å². The summed E-state index contributed by atoms with van der Waals surface area (Å²) in [7, 11) is 0. The summed E-state index contributed by atoms with van der Waals surface area (Å²) >= 11 is 0. The molecule has 0 fully saturated rings. The number of hydrogen-bond donors (Lipinski definition) is 3. The standard InChI is InChI=1S/C24H24F4N4O3/c1-13(2)12-32-21(14(10-29)11-30)20(18-5-3-4-6-19(18)23(32)34)22(33)31-16-7-15(25)8-17(9-16)35-24(26,27)28/h3-11,13,20-21,29H,12,30H2,1-2H3,(H,31,33)/b14-11+,29-10?/t20-,21+/m1/s1. The quantitative estimate of drug-likeness (QED) is 0.393. The van der Waals surface area contributed by atoms with E-state index in [9.17, 15) is 27.2 Å². The van der Waals surface area contributed by atoms with Crippen LogP contribution in [0.1, 0.15) is 35.7 Å². The van der Waals surface area contributed by atoms with Gasteiger partial charge in [-0.2, -0.15) is 0 Å². The maximum absolute atomic E-state index is 14.0. The van der Waals surface area contributed by atoms with Gasteiger partial charge < -0.3 is 26.1 Å². The van der Waals surface area contributed by atoms with Crippen LogP contribution in [0.2, 0.25) is 0 Å². The fraction of sp³-hybridized carbons (Fsp3) is 0.292. The minimum absolute atomic E-state index is 0.00507. The van der Waals surface area contributed by atoms with E-state index in [0.717, 1.165) is 24.5 Å². The molecule has 11 heteroatoms. The molecule has 0 aromatic heterocycles. The fourth-order valence-corrected chi connectivity index (χ4v) is 4.12. The van der Waals surface area contributed by atoms with Crippen LogP contribution in [0.15, 0.2) is 54.2 Å². The van der Waals surface area contributed by atoms with Crippen LogP contribution in [0, 0.1) is 17.1 Å². The highest BCUT2D eigenvalue weighted by atomic mass is 19.4. The third kappa shape index (κ3) is 5.79. The Balaban J connectivity index is 2.09. The Morgan fingerprint density at radius 2 is 1.94 bits per heavy atom. The fourth-order valence-electron chi connectivity index (χ4n) is 4.12. The summed E-state index contributed by atoms with van der Waals surface area (Å²) in [6, 6.07) is 7.67. The summed E-state index contributed by atoms with van der Waals surface area (Å²) in [5.41, 5.74) is 6.27. The number of fused-ring (bicyclic) bond motifs is 1. The molecule has 0 spiro atoms. The Kier molecular flexibility index (Phi) is 7.47. The number of anilines is 1. The molecule has 1 aliphatic heterocycles. The van der Waals surface area contributed by atoms with Gasteiger partial charge >= 0.3 is 6.36 Å². The number of benzene rings is 2. The van der Waals surface area contributed by atoms with Crippen LogP contribution in [0.5, 0.6) is 5.75 Å². The summed E-state index contributed by atoms with van der Waals surface area (Å²) in [6.45, 7) is 4.01. The van der Waals surface area contributed by atoms with Crippen molar-refractivity contribution >= 4 is 23.7 Å². The SMILES string of the molecule is CC(C)CN1C(=O)c2ccccc2[C@@H](C(=O)Nc2cc(F)cc(OC(F)(F)F)c2)[C@@H]1/C(C=N)=C/N. The molecule has 2 atom stereocenters. The lowest BCUT2D eigenvalue weighted by atomic mass is 9.79. The third-order valence-corrected chi connectivity index (χ3v) is 5.36. The number of carbonyl (C=O) groups is 2. The average Bonchev–Trinajstić information content (AvgIpc) is 2.75. The molecule has 3 rings (SSSR count). The van der Waals surface area contributed by atoms with Crippen LogP contribution in [-0.4, -0.2) is 41.9 Å². The van der Waals surface area contributed by atoms with E-state index in [-0.39, 0.29) is 35.2 Å². The van der Waals surface area contributed by atoms with Crippen molar-refractivity contribution in [2.45, 2.75) is 32.2 Å². The largest absolute Gasteiger partial charge is 0.573 e. The van der Waals surface area contributed by atoms with E-state index >= 15 is 0 Å². The minimum Gasteiger partial charge on any atom is -0.406 e. The molecular formula is C24H24F4N4O3. The number of hydrogen-bond acceptors (Lipinski definition) is 5. The second-order valence-electron chi connectivity index (χ2n) is 8.38. The van der Waals surface area contributed by atoms with Crippen molar-refractivity contribution < 1.29 is 31.9 Å². The number of nitrogens with zero attached hydrogens (tertiary/aromatic N) is 1. The Morgan fingerprint density at radius 3 is 2.54 bits per heavy atom. The van der Waals surface area contributed by atoms with Gasteiger partial charge in [-0.05, 0) is 23.6 Å². The Hall–Kier alpha value is -3.89. The molecule has 7 nitrogen and oxygen atoms in total. The third-order valence-electron chi connectivity index (χ3n) is 5.36. The molecule has 1 heterocycles. The van der Waals surface area contributed by atoms with Crippen molar-refractivity contribution in [3.63, 3.8) is 0 Å². The second-order valence-corrected chi connectivity index (χ2v) is 8.38. The molecular weight excluding hydrogens is 468 g/mol. The normalized spacial score (nSPS) is 18.3. The van der Waals surface area contributed by atoms with Crippen molar-refractivity contribution in [3.8, 4) is 5.75 Å². The molecule has 0 radical (unpaired) electrons. The molecule has 2 aromatic carbocycles. The van der Waals surface area contributed by atoms with Gasteiger partial charge in [-0.1, -0.05) is 32.0 Å².